The smallest absolute Gasteiger partial charge is 0.0279 e. The van der Waals surface area contributed by atoms with Crippen LogP contribution in [0.5, 0.6) is 0 Å². The molecule has 0 radical (unpaired) electrons. The average Bonchev–Trinajstić information content (AvgIpc) is 3.06. The van der Waals surface area contributed by atoms with Gasteiger partial charge in [-0.05, 0) is 37.2 Å². The number of hydrogen-bond donors (Lipinski definition) is 0. The molecular weight excluding hydrogens is 480 g/mol. The van der Waals surface area contributed by atoms with Gasteiger partial charge < -0.3 is 0 Å². The van der Waals surface area contributed by atoms with Gasteiger partial charge >= 0.3 is 0 Å². The standard InChI is InChI=1S/C10H14.C8H16.C7H14.C7H8.4C2H6/c1-2-3-7-10-8-5-4-6-9-10;1-2-8-6-4-3-5-7-8;2*1-7-5-3-2-4-6-7;4*1-2/h4-6,8-9H,2-3,7H2,1H3;8H,2-7H2,1H3;7H,2-6H2,1H3;2-6H,1H3;4*1-2H3. The third kappa shape index (κ3) is 34.5. The molecule has 0 aromatic heterocycles. The minimum atomic E-state index is 1.04. The van der Waals surface area contributed by atoms with Gasteiger partial charge in [0.05, 0.1) is 0 Å². The lowest BCUT2D eigenvalue weighted by molar-refractivity contribution is 0.349. The Morgan fingerprint density at radius 2 is 0.950 bits per heavy atom. The Labute approximate surface area is 256 Å². The van der Waals surface area contributed by atoms with E-state index in [4.69, 9.17) is 0 Å². The van der Waals surface area contributed by atoms with Crippen LogP contribution < -0.4 is 0 Å². The summed E-state index contributed by atoms with van der Waals surface area (Å²) in [4.78, 5) is 0. The molecular formula is C40H76. The van der Waals surface area contributed by atoms with Gasteiger partial charge in [0.1, 0.15) is 0 Å². The van der Waals surface area contributed by atoms with Crippen molar-refractivity contribution in [3.63, 3.8) is 0 Å². The van der Waals surface area contributed by atoms with Crippen molar-refractivity contribution in [1.82, 2.24) is 0 Å². The van der Waals surface area contributed by atoms with Gasteiger partial charge in [-0.1, -0.05) is 219 Å². The van der Waals surface area contributed by atoms with Crippen LogP contribution in [-0.2, 0) is 6.42 Å². The Bertz CT molecular complexity index is 603. The Morgan fingerprint density at radius 3 is 1.23 bits per heavy atom. The van der Waals surface area contributed by atoms with E-state index in [2.05, 4.69) is 70.2 Å². The van der Waals surface area contributed by atoms with Crippen molar-refractivity contribution in [2.45, 2.75) is 173 Å². The highest BCUT2D eigenvalue weighted by Gasteiger charge is 2.09. The lowest BCUT2D eigenvalue weighted by atomic mass is 9.88. The first-order valence-corrected chi connectivity index (χ1v) is 17.7. The Hall–Kier alpha value is -1.56. The van der Waals surface area contributed by atoms with Gasteiger partial charge in [0.15, 0.2) is 0 Å². The van der Waals surface area contributed by atoms with Crippen molar-refractivity contribution in [3.8, 4) is 0 Å². The van der Waals surface area contributed by atoms with Gasteiger partial charge in [0.2, 0.25) is 0 Å². The number of hydrogen-bond acceptors (Lipinski definition) is 0. The van der Waals surface area contributed by atoms with Crippen molar-refractivity contribution in [1.29, 1.82) is 0 Å². The highest BCUT2D eigenvalue weighted by atomic mass is 14.2. The van der Waals surface area contributed by atoms with Crippen LogP contribution >= 0.6 is 0 Å². The van der Waals surface area contributed by atoms with Crippen molar-refractivity contribution in [2.75, 3.05) is 0 Å². The van der Waals surface area contributed by atoms with Crippen LogP contribution in [0.3, 0.4) is 0 Å². The SMILES string of the molecule is CC.CC.CC.CC.CC1CCCCC1.CCC1CCCCC1.CCCCc1ccccc1.Cc1ccccc1. The molecule has 0 spiro atoms. The second kappa shape index (κ2) is 41.9. The molecule has 0 atom stereocenters. The molecule has 2 aromatic rings. The molecule has 0 heterocycles. The molecule has 2 aromatic carbocycles. The quantitative estimate of drug-likeness (QED) is 0.351. The summed E-state index contributed by atoms with van der Waals surface area (Å²) in [6, 6.07) is 20.9. The molecule has 0 amide bonds. The first kappa shape index (κ1) is 45.4. The first-order valence-electron chi connectivity index (χ1n) is 17.7. The number of rotatable bonds is 4. The molecule has 2 saturated carbocycles. The maximum Gasteiger partial charge on any atom is -0.0279 e. The maximum atomic E-state index is 2.36. The zero-order valence-electron chi connectivity index (χ0n) is 29.8. The van der Waals surface area contributed by atoms with Crippen LogP contribution in [0.15, 0.2) is 60.7 Å². The molecule has 236 valence electrons. The third-order valence-corrected chi connectivity index (χ3v) is 6.80. The Balaban J connectivity index is -0.000000200. The van der Waals surface area contributed by atoms with Crippen molar-refractivity contribution in [3.05, 3.63) is 71.8 Å². The van der Waals surface area contributed by atoms with Crippen molar-refractivity contribution < 1.29 is 0 Å². The molecule has 0 nitrogen and oxygen atoms in total. The number of unbranched alkanes of at least 4 members (excludes halogenated alkanes) is 1. The summed E-state index contributed by atoms with van der Waals surface area (Å²) in [7, 11) is 0. The summed E-state index contributed by atoms with van der Waals surface area (Å²) in [5.41, 5.74) is 2.78. The summed E-state index contributed by atoms with van der Waals surface area (Å²) in [5, 5.41) is 0. The van der Waals surface area contributed by atoms with Crippen LogP contribution in [0.4, 0.5) is 0 Å². The van der Waals surface area contributed by atoms with E-state index < -0.39 is 0 Å². The molecule has 0 heteroatoms. The topological polar surface area (TPSA) is 0 Å². The van der Waals surface area contributed by atoms with Crippen LogP contribution in [0.25, 0.3) is 0 Å². The zero-order chi connectivity index (χ0) is 31.3. The highest BCUT2D eigenvalue weighted by molar-refractivity contribution is 5.14. The second-order valence-corrected chi connectivity index (χ2v) is 9.90. The lowest BCUT2D eigenvalue weighted by Crippen LogP contribution is -2.03. The fourth-order valence-corrected chi connectivity index (χ4v) is 4.46. The monoisotopic (exact) mass is 557 g/mol. The van der Waals surface area contributed by atoms with Gasteiger partial charge in [0.25, 0.3) is 0 Å². The predicted molar refractivity (Wildman–Crippen MR) is 191 cm³/mol. The maximum absolute atomic E-state index is 2.36. The van der Waals surface area contributed by atoms with Gasteiger partial charge in [-0.3, -0.25) is 0 Å². The first-order chi connectivity index (χ1) is 19.7. The third-order valence-electron chi connectivity index (χ3n) is 6.80. The average molecular weight is 557 g/mol. The van der Waals surface area contributed by atoms with E-state index in [1.807, 2.05) is 73.6 Å². The van der Waals surface area contributed by atoms with Gasteiger partial charge in [-0.25, -0.2) is 0 Å². The van der Waals surface area contributed by atoms with Crippen LogP contribution in [-0.4, -0.2) is 0 Å². The molecule has 0 saturated heterocycles. The fraction of sp³-hybridized carbons (Fsp3) is 0.700. The minimum Gasteiger partial charge on any atom is -0.0683 e. The van der Waals surface area contributed by atoms with Gasteiger partial charge in [0, 0.05) is 0 Å². The second-order valence-electron chi connectivity index (χ2n) is 9.90. The summed E-state index contributed by atoms with van der Waals surface area (Å²) in [6.45, 7) is 25.0. The van der Waals surface area contributed by atoms with Crippen molar-refractivity contribution >= 4 is 0 Å². The molecule has 0 bridgehead atoms. The Kier molecular flexibility index (Phi) is 47.6. The number of aryl methyl sites for hydroxylation is 2. The molecule has 0 N–H and O–H groups in total. The fourth-order valence-electron chi connectivity index (χ4n) is 4.46. The van der Waals surface area contributed by atoms with E-state index in [0.717, 1.165) is 11.8 Å². The van der Waals surface area contributed by atoms with Crippen LogP contribution in [0, 0.1) is 18.8 Å². The van der Waals surface area contributed by atoms with E-state index in [-0.39, 0.29) is 0 Å². The lowest BCUT2D eigenvalue weighted by Gasteiger charge is -2.18. The molecule has 2 aliphatic rings. The Morgan fingerprint density at radius 1 is 0.550 bits per heavy atom. The highest BCUT2D eigenvalue weighted by Crippen LogP contribution is 2.25. The largest absolute Gasteiger partial charge is 0.0683 e. The molecule has 2 fully saturated rings. The molecule has 2 aliphatic carbocycles. The summed E-state index contributed by atoms with van der Waals surface area (Å²) < 4.78 is 0. The molecule has 0 unspecified atom stereocenters. The normalized spacial score (nSPS) is 13.7. The van der Waals surface area contributed by atoms with Crippen molar-refractivity contribution in [2.24, 2.45) is 11.8 Å². The predicted octanol–water partition coefficient (Wildman–Crippen LogP) is 14.7. The molecule has 40 heavy (non-hydrogen) atoms. The zero-order valence-corrected chi connectivity index (χ0v) is 29.8. The van der Waals surface area contributed by atoms with E-state index >= 15 is 0 Å². The van der Waals surface area contributed by atoms with Crippen LogP contribution in [0.1, 0.15) is 171 Å². The summed E-state index contributed by atoms with van der Waals surface area (Å²) in [6.07, 6.45) is 20.2. The molecule has 4 rings (SSSR count). The van der Waals surface area contributed by atoms with Crippen LogP contribution in [0.2, 0.25) is 0 Å². The molecule has 0 aliphatic heterocycles. The number of benzene rings is 2. The minimum absolute atomic E-state index is 1.04. The van der Waals surface area contributed by atoms with E-state index in [1.165, 1.54) is 101 Å². The van der Waals surface area contributed by atoms with E-state index in [1.54, 1.807) is 0 Å². The van der Waals surface area contributed by atoms with Gasteiger partial charge in [-0.2, -0.15) is 0 Å². The van der Waals surface area contributed by atoms with E-state index in [9.17, 15) is 0 Å². The summed E-state index contributed by atoms with van der Waals surface area (Å²) in [5.74, 6) is 2.12. The summed E-state index contributed by atoms with van der Waals surface area (Å²) >= 11 is 0. The van der Waals surface area contributed by atoms with E-state index in [0.29, 0.717) is 0 Å². The van der Waals surface area contributed by atoms with Gasteiger partial charge in [-0.15, -0.1) is 0 Å².